The lowest BCUT2D eigenvalue weighted by molar-refractivity contribution is -0.117. The second-order valence-corrected chi connectivity index (χ2v) is 7.42. The van der Waals surface area contributed by atoms with Gasteiger partial charge in [-0.3, -0.25) is 4.79 Å². The quantitative estimate of drug-likeness (QED) is 0.883. The summed E-state index contributed by atoms with van der Waals surface area (Å²) in [6.45, 7) is 6.43. The average molecular weight is 300 g/mol. The number of amides is 1. The van der Waals surface area contributed by atoms with Gasteiger partial charge in [0.05, 0.1) is 0 Å². The minimum absolute atomic E-state index is 0.183. The van der Waals surface area contributed by atoms with Crippen LogP contribution < -0.4 is 10.6 Å². The van der Waals surface area contributed by atoms with E-state index in [1.807, 2.05) is 0 Å². The molecule has 2 aliphatic rings. The SMILES string of the molecule is Cc1cccc(C(C)C)c1NC(=O)CC1CC2CCC(C1)N2. The largest absolute Gasteiger partial charge is 0.326 e. The lowest BCUT2D eigenvalue weighted by atomic mass is 9.89. The zero-order valence-corrected chi connectivity index (χ0v) is 14.0. The first kappa shape index (κ1) is 15.5. The molecule has 2 fully saturated rings. The number of hydrogen-bond donors (Lipinski definition) is 2. The Balaban J connectivity index is 1.65. The number of para-hydroxylation sites is 1. The molecule has 3 nitrogen and oxygen atoms in total. The second kappa shape index (κ2) is 6.41. The van der Waals surface area contributed by atoms with Gasteiger partial charge in [-0.05, 0) is 55.6 Å². The van der Waals surface area contributed by atoms with E-state index in [-0.39, 0.29) is 5.91 Å². The summed E-state index contributed by atoms with van der Waals surface area (Å²) in [5, 5.41) is 6.84. The van der Waals surface area contributed by atoms with E-state index in [1.165, 1.54) is 18.4 Å². The van der Waals surface area contributed by atoms with Gasteiger partial charge in [0.2, 0.25) is 5.91 Å². The third-order valence-corrected chi connectivity index (χ3v) is 5.24. The summed E-state index contributed by atoms with van der Waals surface area (Å²) in [7, 11) is 0. The third-order valence-electron chi connectivity index (χ3n) is 5.24. The van der Waals surface area contributed by atoms with Gasteiger partial charge in [0.1, 0.15) is 0 Å². The Morgan fingerprint density at radius 3 is 2.59 bits per heavy atom. The lowest BCUT2D eigenvalue weighted by Crippen LogP contribution is -2.39. The zero-order chi connectivity index (χ0) is 15.7. The fourth-order valence-electron chi connectivity index (χ4n) is 4.14. The van der Waals surface area contributed by atoms with Crippen LogP contribution in [0.2, 0.25) is 0 Å². The molecule has 2 saturated heterocycles. The third kappa shape index (κ3) is 3.35. The molecule has 22 heavy (non-hydrogen) atoms. The Morgan fingerprint density at radius 2 is 1.95 bits per heavy atom. The summed E-state index contributed by atoms with van der Waals surface area (Å²) in [6, 6.07) is 7.58. The molecule has 2 bridgehead atoms. The fraction of sp³-hybridized carbons (Fsp3) is 0.632. The van der Waals surface area contributed by atoms with Crippen LogP contribution in [0.1, 0.15) is 63.0 Å². The van der Waals surface area contributed by atoms with Crippen molar-refractivity contribution < 1.29 is 4.79 Å². The fourth-order valence-corrected chi connectivity index (χ4v) is 4.14. The molecule has 0 aliphatic carbocycles. The molecule has 0 saturated carbocycles. The Labute approximate surface area is 133 Å². The van der Waals surface area contributed by atoms with E-state index in [0.29, 0.717) is 30.3 Å². The van der Waals surface area contributed by atoms with Crippen molar-refractivity contribution in [1.29, 1.82) is 0 Å². The van der Waals surface area contributed by atoms with Crippen LogP contribution >= 0.6 is 0 Å². The number of hydrogen-bond acceptors (Lipinski definition) is 2. The molecule has 0 radical (unpaired) electrons. The Hall–Kier alpha value is -1.35. The number of rotatable bonds is 4. The smallest absolute Gasteiger partial charge is 0.224 e. The number of carbonyl (C=O) groups excluding carboxylic acids is 1. The highest BCUT2D eigenvalue weighted by Crippen LogP contribution is 2.33. The van der Waals surface area contributed by atoms with E-state index in [9.17, 15) is 4.79 Å². The Kier molecular flexibility index (Phi) is 4.53. The molecule has 1 aromatic carbocycles. The van der Waals surface area contributed by atoms with E-state index in [0.717, 1.165) is 24.1 Å². The van der Waals surface area contributed by atoms with Gasteiger partial charge >= 0.3 is 0 Å². The number of piperidine rings is 1. The molecule has 0 spiro atoms. The minimum Gasteiger partial charge on any atom is -0.326 e. The standard InChI is InChI=1S/C19H28N2O/c1-12(2)17-6-4-5-13(3)19(17)21-18(22)11-14-9-15-7-8-16(10-14)20-15/h4-6,12,14-16,20H,7-11H2,1-3H3,(H,21,22). The maximum atomic E-state index is 12.5. The first-order valence-electron chi connectivity index (χ1n) is 8.68. The van der Waals surface area contributed by atoms with E-state index >= 15 is 0 Å². The van der Waals surface area contributed by atoms with Gasteiger partial charge < -0.3 is 10.6 Å². The predicted molar refractivity (Wildman–Crippen MR) is 91.2 cm³/mol. The predicted octanol–water partition coefficient (Wildman–Crippen LogP) is 3.98. The van der Waals surface area contributed by atoms with E-state index in [2.05, 4.69) is 49.6 Å². The summed E-state index contributed by atoms with van der Waals surface area (Å²) in [4.78, 5) is 12.5. The highest BCUT2D eigenvalue weighted by atomic mass is 16.1. The molecule has 2 N–H and O–H groups in total. The van der Waals surface area contributed by atoms with Crippen LogP contribution in [0.15, 0.2) is 18.2 Å². The van der Waals surface area contributed by atoms with E-state index < -0.39 is 0 Å². The van der Waals surface area contributed by atoms with Gasteiger partial charge in [-0.2, -0.15) is 0 Å². The average Bonchev–Trinajstić information content (AvgIpc) is 2.80. The van der Waals surface area contributed by atoms with Crippen molar-refractivity contribution in [1.82, 2.24) is 5.32 Å². The molecular formula is C19H28N2O. The molecule has 2 aliphatic heterocycles. The van der Waals surface area contributed by atoms with Crippen molar-refractivity contribution in [3.05, 3.63) is 29.3 Å². The number of aryl methyl sites for hydroxylation is 1. The summed E-state index contributed by atoms with van der Waals surface area (Å²) in [6.07, 6.45) is 5.57. The van der Waals surface area contributed by atoms with Crippen molar-refractivity contribution in [2.45, 2.75) is 70.9 Å². The van der Waals surface area contributed by atoms with Crippen LogP contribution in [0.4, 0.5) is 5.69 Å². The summed E-state index contributed by atoms with van der Waals surface area (Å²) in [5.74, 6) is 1.15. The maximum Gasteiger partial charge on any atom is 0.224 e. The molecule has 2 atom stereocenters. The first-order valence-corrected chi connectivity index (χ1v) is 8.68. The second-order valence-electron chi connectivity index (χ2n) is 7.42. The van der Waals surface area contributed by atoms with Crippen molar-refractivity contribution in [3.63, 3.8) is 0 Å². The molecule has 3 rings (SSSR count). The molecule has 2 heterocycles. The van der Waals surface area contributed by atoms with Gasteiger partial charge in [-0.25, -0.2) is 0 Å². The number of fused-ring (bicyclic) bond motifs is 2. The van der Waals surface area contributed by atoms with Crippen LogP contribution in [0, 0.1) is 12.8 Å². The normalized spacial score (nSPS) is 27.2. The van der Waals surface area contributed by atoms with Crippen molar-refractivity contribution in [3.8, 4) is 0 Å². The van der Waals surface area contributed by atoms with Gasteiger partial charge in [-0.15, -0.1) is 0 Å². The van der Waals surface area contributed by atoms with Crippen molar-refractivity contribution >= 4 is 11.6 Å². The molecule has 2 unspecified atom stereocenters. The van der Waals surface area contributed by atoms with Gasteiger partial charge in [0.25, 0.3) is 0 Å². The summed E-state index contributed by atoms with van der Waals surface area (Å²) in [5.41, 5.74) is 3.42. The minimum atomic E-state index is 0.183. The topological polar surface area (TPSA) is 41.1 Å². The molecular weight excluding hydrogens is 272 g/mol. The maximum absolute atomic E-state index is 12.5. The zero-order valence-electron chi connectivity index (χ0n) is 14.0. The summed E-state index contributed by atoms with van der Waals surface area (Å²) >= 11 is 0. The number of benzene rings is 1. The van der Waals surface area contributed by atoms with Gasteiger partial charge in [0, 0.05) is 24.2 Å². The van der Waals surface area contributed by atoms with E-state index in [4.69, 9.17) is 0 Å². The summed E-state index contributed by atoms with van der Waals surface area (Å²) < 4.78 is 0. The molecule has 120 valence electrons. The highest BCUT2D eigenvalue weighted by molar-refractivity contribution is 5.92. The van der Waals surface area contributed by atoms with Crippen LogP contribution in [-0.2, 0) is 4.79 Å². The van der Waals surface area contributed by atoms with Gasteiger partial charge in [0.15, 0.2) is 0 Å². The Morgan fingerprint density at radius 1 is 1.27 bits per heavy atom. The van der Waals surface area contributed by atoms with Crippen LogP contribution in [-0.4, -0.2) is 18.0 Å². The highest BCUT2D eigenvalue weighted by Gasteiger charge is 2.34. The lowest BCUT2D eigenvalue weighted by Gasteiger charge is -2.28. The molecule has 3 heteroatoms. The number of nitrogens with one attached hydrogen (secondary N) is 2. The number of anilines is 1. The first-order chi connectivity index (χ1) is 10.5. The van der Waals surface area contributed by atoms with Crippen LogP contribution in [0.25, 0.3) is 0 Å². The van der Waals surface area contributed by atoms with Crippen LogP contribution in [0.3, 0.4) is 0 Å². The molecule has 1 amide bonds. The number of carbonyl (C=O) groups is 1. The Bertz CT molecular complexity index is 540. The molecule has 0 aromatic heterocycles. The molecule has 1 aromatic rings. The van der Waals surface area contributed by atoms with Crippen molar-refractivity contribution in [2.24, 2.45) is 5.92 Å². The monoisotopic (exact) mass is 300 g/mol. The van der Waals surface area contributed by atoms with Crippen LogP contribution in [0.5, 0.6) is 0 Å². The van der Waals surface area contributed by atoms with Gasteiger partial charge in [-0.1, -0.05) is 32.0 Å². The van der Waals surface area contributed by atoms with Crippen molar-refractivity contribution in [2.75, 3.05) is 5.32 Å². The van der Waals surface area contributed by atoms with E-state index in [1.54, 1.807) is 0 Å².